The molecule has 0 fully saturated rings. The lowest BCUT2D eigenvalue weighted by Crippen LogP contribution is -2.31. The van der Waals surface area contributed by atoms with Crippen molar-refractivity contribution in [1.29, 1.82) is 0 Å². The van der Waals surface area contributed by atoms with E-state index >= 15 is 0 Å². The van der Waals surface area contributed by atoms with E-state index in [-0.39, 0.29) is 18.9 Å². The Balaban J connectivity index is 1.46. The van der Waals surface area contributed by atoms with E-state index in [4.69, 9.17) is 21.4 Å². The molecule has 1 aliphatic heterocycles. The lowest BCUT2D eigenvalue weighted by molar-refractivity contribution is -0.139. The number of aryl methyl sites for hydroxylation is 1. The molecule has 2 heterocycles. The zero-order chi connectivity index (χ0) is 24.5. The first kappa shape index (κ1) is 22.9. The van der Waals surface area contributed by atoms with E-state index in [1.54, 1.807) is 41.4 Å². The summed E-state index contributed by atoms with van der Waals surface area (Å²) in [5.41, 5.74) is 2.86. The van der Waals surface area contributed by atoms with Crippen molar-refractivity contribution in [3.05, 3.63) is 94.4 Å². The van der Waals surface area contributed by atoms with Gasteiger partial charge in [-0.1, -0.05) is 48.0 Å². The van der Waals surface area contributed by atoms with Gasteiger partial charge in [-0.25, -0.2) is 9.18 Å². The average molecular weight is 494 g/mol. The Labute approximate surface area is 205 Å². The number of aromatic nitrogens is 2. The van der Waals surface area contributed by atoms with Gasteiger partial charge in [-0.05, 0) is 35.4 Å². The normalized spacial score (nSPS) is 14.8. The quantitative estimate of drug-likeness (QED) is 0.399. The summed E-state index contributed by atoms with van der Waals surface area (Å²) in [5, 5.41) is 14.5. The second kappa shape index (κ2) is 9.38. The van der Waals surface area contributed by atoms with Crippen LogP contribution in [-0.2, 0) is 22.7 Å². The van der Waals surface area contributed by atoms with Crippen LogP contribution in [0.4, 0.5) is 4.39 Å². The summed E-state index contributed by atoms with van der Waals surface area (Å²) in [6.07, 6.45) is 1.68. The van der Waals surface area contributed by atoms with Gasteiger partial charge in [0, 0.05) is 28.9 Å². The Morgan fingerprint density at radius 2 is 1.94 bits per heavy atom. The summed E-state index contributed by atoms with van der Waals surface area (Å²) in [6.45, 7) is 0.0639. The Bertz CT molecular complexity index is 1440. The number of benzene rings is 3. The minimum absolute atomic E-state index is 0.0987. The standard InChI is InChI=1S/C26H21ClFN3O4/c27-18-8-9-22(35-15-24(33)34)20(12-18)26-19-6-2-1-4-17(19)14-30(26)23(32)10-11-31-25-16(13-29-31)5-3-7-21(25)28/h1-9,12-13,26H,10-11,14-15H2,(H,33,34). The molecule has 0 saturated carbocycles. The SMILES string of the molecule is O=C(O)COc1ccc(Cl)cc1C1c2ccccc2CN1C(=O)CCn1ncc2cccc(F)c21. The maximum Gasteiger partial charge on any atom is 0.341 e. The molecule has 5 rings (SSSR count). The monoisotopic (exact) mass is 493 g/mol. The third kappa shape index (κ3) is 4.44. The van der Waals surface area contributed by atoms with E-state index < -0.39 is 24.4 Å². The number of halogens is 2. The van der Waals surface area contributed by atoms with Gasteiger partial charge in [0.05, 0.1) is 18.8 Å². The first-order chi connectivity index (χ1) is 16.9. The van der Waals surface area contributed by atoms with Gasteiger partial charge in [0.25, 0.3) is 0 Å². The molecule has 1 unspecified atom stereocenters. The van der Waals surface area contributed by atoms with Gasteiger partial charge < -0.3 is 14.7 Å². The topological polar surface area (TPSA) is 84.7 Å². The largest absolute Gasteiger partial charge is 0.482 e. The van der Waals surface area contributed by atoms with Gasteiger partial charge >= 0.3 is 5.97 Å². The van der Waals surface area contributed by atoms with E-state index in [2.05, 4.69) is 5.10 Å². The summed E-state index contributed by atoms with van der Waals surface area (Å²) in [4.78, 5) is 26.3. The number of aliphatic carboxylic acids is 1. The van der Waals surface area contributed by atoms with Gasteiger partial charge in [0.1, 0.15) is 17.1 Å². The number of amides is 1. The predicted octanol–water partition coefficient (Wildman–Crippen LogP) is 4.81. The van der Waals surface area contributed by atoms with E-state index in [0.717, 1.165) is 11.1 Å². The van der Waals surface area contributed by atoms with Crippen molar-refractivity contribution in [2.75, 3.05) is 6.61 Å². The molecular formula is C26H21ClFN3O4. The molecule has 1 amide bonds. The van der Waals surface area contributed by atoms with Crippen LogP contribution < -0.4 is 4.74 Å². The molecule has 0 bridgehead atoms. The highest BCUT2D eigenvalue weighted by Crippen LogP contribution is 2.43. The van der Waals surface area contributed by atoms with Crippen molar-refractivity contribution in [3.63, 3.8) is 0 Å². The van der Waals surface area contributed by atoms with Gasteiger partial charge in [-0.2, -0.15) is 5.10 Å². The Morgan fingerprint density at radius 1 is 1.11 bits per heavy atom. The lowest BCUT2D eigenvalue weighted by Gasteiger charge is -2.27. The summed E-state index contributed by atoms with van der Waals surface area (Å²) in [6, 6.07) is 16.9. The molecule has 1 aromatic heterocycles. The number of para-hydroxylation sites is 1. The van der Waals surface area contributed by atoms with Crippen LogP contribution in [0.15, 0.2) is 66.9 Å². The van der Waals surface area contributed by atoms with E-state index in [1.807, 2.05) is 24.3 Å². The van der Waals surface area contributed by atoms with Crippen molar-refractivity contribution in [1.82, 2.24) is 14.7 Å². The van der Waals surface area contributed by atoms with Crippen molar-refractivity contribution >= 4 is 34.4 Å². The number of ether oxygens (including phenoxy) is 1. The minimum atomic E-state index is -1.11. The molecule has 35 heavy (non-hydrogen) atoms. The fourth-order valence-corrected chi connectivity index (χ4v) is 4.75. The number of hydrogen-bond donors (Lipinski definition) is 1. The molecule has 3 aromatic carbocycles. The summed E-state index contributed by atoms with van der Waals surface area (Å²) in [7, 11) is 0. The van der Waals surface area contributed by atoms with Gasteiger partial charge in [-0.3, -0.25) is 9.48 Å². The third-order valence-corrected chi connectivity index (χ3v) is 6.32. The summed E-state index contributed by atoms with van der Waals surface area (Å²) >= 11 is 6.29. The second-order valence-electron chi connectivity index (χ2n) is 8.28. The number of nitrogens with zero attached hydrogens (tertiary/aromatic N) is 3. The van der Waals surface area contributed by atoms with Crippen molar-refractivity contribution < 1.29 is 23.8 Å². The van der Waals surface area contributed by atoms with Gasteiger partial charge in [-0.15, -0.1) is 0 Å². The van der Waals surface area contributed by atoms with E-state index in [9.17, 15) is 14.0 Å². The van der Waals surface area contributed by atoms with Crippen LogP contribution >= 0.6 is 11.6 Å². The van der Waals surface area contributed by atoms with Crippen molar-refractivity contribution in [3.8, 4) is 5.75 Å². The van der Waals surface area contributed by atoms with Crippen LogP contribution in [0.3, 0.4) is 0 Å². The van der Waals surface area contributed by atoms with Crippen LogP contribution in [0.2, 0.25) is 5.02 Å². The molecule has 7 nitrogen and oxygen atoms in total. The fraction of sp³-hybridized carbons (Fsp3) is 0.192. The number of carboxylic acid groups (broad SMARTS) is 1. The number of carboxylic acids is 1. The molecule has 1 N–H and O–H groups in total. The van der Waals surface area contributed by atoms with Crippen LogP contribution in [0.25, 0.3) is 10.9 Å². The first-order valence-electron chi connectivity index (χ1n) is 11.0. The van der Waals surface area contributed by atoms with Crippen LogP contribution in [-0.4, -0.2) is 38.3 Å². The molecule has 9 heteroatoms. The van der Waals surface area contributed by atoms with E-state index in [1.165, 1.54) is 10.7 Å². The zero-order valence-electron chi connectivity index (χ0n) is 18.5. The maximum absolute atomic E-state index is 14.4. The van der Waals surface area contributed by atoms with Crippen LogP contribution in [0.5, 0.6) is 5.75 Å². The number of rotatable bonds is 7. The predicted molar refractivity (Wildman–Crippen MR) is 128 cm³/mol. The number of hydrogen-bond acceptors (Lipinski definition) is 4. The molecule has 0 spiro atoms. The minimum Gasteiger partial charge on any atom is -0.482 e. The van der Waals surface area contributed by atoms with Crippen molar-refractivity contribution in [2.45, 2.75) is 25.6 Å². The molecule has 0 radical (unpaired) electrons. The molecule has 4 aromatic rings. The first-order valence-corrected chi connectivity index (χ1v) is 11.4. The molecule has 0 aliphatic carbocycles. The summed E-state index contributed by atoms with van der Waals surface area (Å²) < 4.78 is 21.4. The molecule has 1 atom stereocenters. The number of fused-ring (bicyclic) bond motifs is 2. The second-order valence-corrected chi connectivity index (χ2v) is 8.72. The smallest absolute Gasteiger partial charge is 0.341 e. The average Bonchev–Trinajstić information content (AvgIpc) is 3.44. The van der Waals surface area contributed by atoms with Gasteiger partial charge in [0.2, 0.25) is 5.91 Å². The maximum atomic E-state index is 14.4. The summed E-state index contributed by atoms with van der Waals surface area (Å²) in [5.74, 6) is -1.31. The highest BCUT2D eigenvalue weighted by molar-refractivity contribution is 6.30. The fourth-order valence-electron chi connectivity index (χ4n) is 4.57. The number of carbonyl (C=O) groups is 2. The van der Waals surface area contributed by atoms with Gasteiger partial charge in [0.15, 0.2) is 6.61 Å². The zero-order valence-corrected chi connectivity index (χ0v) is 19.3. The molecule has 1 aliphatic rings. The third-order valence-electron chi connectivity index (χ3n) is 6.09. The Kier molecular flexibility index (Phi) is 6.13. The lowest BCUT2D eigenvalue weighted by atomic mass is 9.97. The Hall–Kier alpha value is -3.91. The number of carbonyl (C=O) groups excluding carboxylic acids is 1. The molecule has 0 saturated heterocycles. The Morgan fingerprint density at radius 3 is 2.77 bits per heavy atom. The van der Waals surface area contributed by atoms with Crippen LogP contribution in [0, 0.1) is 5.82 Å². The highest BCUT2D eigenvalue weighted by Gasteiger charge is 2.36. The van der Waals surface area contributed by atoms with E-state index in [0.29, 0.717) is 33.8 Å². The van der Waals surface area contributed by atoms with Crippen LogP contribution in [0.1, 0.15) is 29.2 Å². The highest BCUT2D eigenvalue weighted by atomic mass is 35.5. The van der Waals surface area contributed by atoms with Crippen molar-refractivity contribution in [2.24, 2.45) is 0 Å². The molecule has 178 valence electrons. The molecular weight excluding hydrogens is 473 g/mol.